The van der Waals surface area contributed by atoms with E-state index in [-0.39, 0.29) is 5.97 Å². The van der Waals surface area contributed by atoms with Gasteiger partial charge in [0.05, 0.1) is 7.11 Å². The SMILES string of the molecule is CCC(=O)Oc1cccc(OC)c1OCc1ccccc1. The van der Waals surface area contributed by atoms with E-state index in [1.807, 2.05) is 30.3 Å². The lowest BCUT2D eigenvalue weighted by molar-refractivity contribution is -0.134. The number of esters is 1. The minimum Gasteiger partial charge on any atom is -0.493 e. The molecule has 0 fully saturated rings. The Morgan fingerprint density at radius 3 is 2.38 bits per heavy atom. The first-order valence-corrected chi connectivity index (χ1v) is 6.79. The molecular formula is C17H18O4. The minimum absolute atomic E-state index is 0.301. The normalized spacial score (nSPS) is 10.0. The first-order valence-electron chi connectivity index (χ1n) is 6.79. The third kappa shape index (κ3) is 3.99. The molecule has 0 saturated carbocycles. The fourth-order valence-corrected chi connectivity index (χ4v) is 1.80. The first kappa shape index (κ1) is 14.9. The van der Waals surface area contributed by atoms with Crippen molar-refractivity contribution in [2.24, 2.45) is 0 Å². The van der Waals surface area contributed by atoms with E-state index in [2.05, 4.69) is 0 Å². The highest BCUT2D eigenvalue weighted by atomic mass is 16.6. The van der Waals surface area contributed by atoms with Crippen molar-refractivity contribution in [3.63, 3.8) is 0 Å². The first-order chi connectivity index (χ1) is 10.2. The van der Waals surface area contributed by atoms with E-state index >= 15 is 0 Å². The summed E-state index contributed by atoms with van der Waals surface area (Å²) in [5.74, 6) is 1.03. The summed E-state index contributed by atoms with van der Waals surface area (Å²) in [5.41, 5.74) is 1.02. The fourth-order valence-electron chi connectivity index (χ4n) is 1.80. The molecule has 0 atom stereocenters. The third-order valence-corrected chi connectivity index (χ3v) is 2.90. The van der Waals surface area contributed by atoms with Crippen LogP contribution in [0.3, 0.4) is 0 Å². The molecule has 0 bridgehead atoms. The molecule has 0 unspecified atom stereocenters. The van der Waals surface area contributed by atoms with Gasteiger partial charge in [-0.05, 0) is 17.7 Å². The van der Waals surface area contributed by atoms with E-state index in [9.17, 15) is 4.79 Å². The number of ether oxygens (including phenoxy) is 3. The van der Waals surface area contributed by atoms with E-state index < -0.39 is 0 Å². The second kappa shape index (κ2) is 7.33. The number of rotatable bonds is 6. The molecule has 0 aromatic heterocycles. The largest absolute Gasteiger partial charge is 0.493 e. The minimum atomic E-state index is -0.312. The van der Waals surface area contributed by atoms with Gasteiger partial charge in [0.25, 0.3) is 0 Å². The highest BCUT2D eigenvalue weighted by molar-refractivity contribution is 5.73. The van der Waals surface area contributed by atoms with Crippen molar-refractivity contribution in [2.45, 2.75) is 20.0 Å². The molecule has 21 heavy (non-hydrogen) atoms. The smallest absolute Gasteiger partial charge is 0.311 e. The highest BCUT2D eigenvalue weighted by Gasteiger charge is 2.14. The lowest BCUT2D eigenvalue weighted by atomic mass is 10.2. The van der Waals surface area contributed by atoms with Gasteiger partial charge in [0.2, 0.25) is 5.75 Å². The second-order valence-electron chi connectivity index (χ2n) is 4.39. The Hall–Kier alpha value is -2.49. The Labute approximate surface area is 124 Å². The van der Waals surface area contributed by atoms with Gasteiger partial charge in [-0.3, -0.25) is 4.79 Å². The number of para-hydroxylation sites is 1. The fraction of sp³-hybridized carbons (Fsp3) is 0.235. The molecule has 0 radical (unpaired) electrons. The number of carbonyl (C=O) groups excluding carboxylic acids is 1. The molecular weight excluding hydrogens is 268 g/mol. The van der Waals surface area contributed by atoms with E-state index in [0.717, 1.165) is 5.56 Å². The summed E-state index contributed by atoms with van der Waals surface area (Å²) in [7, 11) is 1.55. The lowest BCUT2D eigenvalue weighted by Crippen LogP contribution is -2.08. The average Bonchev–Trinajstić information content (AvgIpc) is 2.54. The van der Waals surface area contributed by atoms with Gasteiger partial charge in [-0.15, -0.1) is 0 Å². The number of methoxy groups -OCH3 is 1. The quantitative estimate of drug-likeness (QED) is 0.601. The molecule has 0 amide bonds. The van der Waals surface area contributed by atoms with Gasteiger partial charge >= 0.3 is 5.97 Å². The van der Waals surface area contributed by atoms with E-state index in [0.29, 0.717) is 30.3 Å². The maximum atomic E-state index is 11.5. The van der Waals surface area contributed by atoms with Crippen LogP contribution < -0.4 is 14.2 Å². The van der Waals surface area contributed by atoms with Gasteiger partial charge in [-0.1, -0.05) is 43.3 Å². The lowest BCUT2D eigenvalue weighted by Gasteiger charge is -2.14. The molecule has 0 spiro atoms. The monoisotopic (exact) mass is 286 g/mol. The van der Waals surface area contributed by atoms with Crippen LogP contribution in [0.2, 0.25) is 0 Å². The Kier molecular flexibility index (Phi) is 5.21. The zero-order valence-corrected chi connectivity index (χ0v) is 12.2. The van der Waals surface area contributed by atoms with Crippen LogP contribution in [0.25, 0.3) is 0 Å². The number of benzene rings is 2. The maximum absolute atomic E-state index is 11.5. The van der Waals surface area contributed by atoms with Crippen LogP contribution in [-0.4, -0.2) is 13.1 Å². The molecule has 4 heteroatoms. The molecule has 2 aromatic rings. The van der Waals surface area contributed by atoms with Crippen LogP contribution in [0.1, 0.15) is 18.9 Å². The molecule has 2 aromatic carbocycles. The highest BCUT2D eigenvalue weighted by Crippen LogP contribution is 2.37. The second-order valence-corrected chi connectivity index (χ2v) is 4.39. The standard InChI is InChI=1S/C17H18O4/c1-3-16(18)21-15-11-7-10-14(19-2)17(15)20-12-13-8-5-4-6-9-13/h4-11H,3,12H2,1-2H3. The van der Waals surface area contributed by atoms with Crippen LogP contribution in [0.4, 0.5) is 0 Å². The molecule has 2 rings (SSSR count). The molecule has 110 valence electrons. The average molecular weight is 286 g/mol. The predicted molar refractivity (Wildman–Crippen MR) is 79.7 cm³/mol. The summed E-state index contributed by atoms with van der Waals surface area (Å²) in [5, 5.41) is 0. The molecule has 0 heterocycles. The van der Waals surface area contributed by atoms with Gasteiger partial charge in [-0.25, -0.2) is 0 Å². The number of carbonyl (C=O) groups is 1. The van der Waals surface area contributed by atoms with Gasteiger partial charge in [0.15, 0.2) is 11.5 Å². The van der Waals surface area contributed by atoms with Crippen molar-refractivity contribution in [3.8, 4) is 17.2 Å². The predicted octanol–water partition coefficient (Wildman–Crippen LogP) is 3.59. The summed E-state index contributed by atoms with van der Waals surface area (Å²) < 4.78 is 16.3. The number of hydrogen-bond donors (Lipinski definition) is 0. The van der Waals surface area contributed by atoms with Crippen LogP contribution in [0.15, 0.2) is 48.5 Å². The molecule has 4 nitrogen and oxygen atoms in total. The van der Waals surface area contributed by atoms with E-state index in [1.54, 1.807) is 32.2 Å². The van der Waals surface area contributed by atoms with Gasteiger partial charge in [-0.2, -0.15) is 0 Å². The Morgan fingerprint density at radius 2 is 1.71 bits per heavy atom. The zero-order valence-electron chi connectivity index (χ0n) is 12.2. The Bertz CT molecular complexity index is 593. The maximum Gasteiger partial charge on any atom is 0.311 e. The van der Waals surface area contributed by atoms with Crippen molar-refractivity contribution in [1.82, 2.24) is 0 Å². The van der Waals surface area contributed by atoms with Crippen molar-refractivity contribution >= 4 is 5.97 Å². The van der Waals surface area contributed by atoms with Crippen LogP contribution in [0, 0.1) is 0 Å². The molecule has 0 N–H and O–H groups in total. The van der Waals surface area contributed by atoms with Crippen molar-refractivity contribution in [2.75, 3.05) is 7.11 Å². The van der Waals surface area contributed by atoms with Crippen molar-refractivity contribution in [1.29, 1.82) is 0 Å². The molecule has 0 aliphatic rings. The number of hydrogen-bond acceptors (Lipinski definition) is 4. The molecule has 0 aliphatic carbocycles. The van der Waals surface area contributed by atoms with E-state index in [1.165, 1.54) is 0 Å². The van der Waals surface area contributed by atoms with Crippen LogP contribution >= 0.6 is 0 Å². The van der Waals surface area contributed by atoms with Crippen LogP contribution in [-0.2, 0) is 11.4 Å². The summed E-state index contributed by atoms with van der Waals surface area (Å²) >= 11 is 0. The summed E-state index contributed by atoms with van der Waals surface area (Å²) in [6.45, 7) is 2.12. The summed E-state index contributed by atoms with van der Waals surface area (Å²) in [6, 6.07) is 15.0. The van der Waals surface area contributed by atoms with E-state index in [4.69, 9.17) is 14.2 Å². The van der Waals surface area contributed by atoms with Crippen molar-refractivity contribution < 1.29 is 19.0 Å². The third-order valence-electron chi connectivity index (χ3n) is 2.90. The topological polar surface area (TPSA) is 44.8 Å². The molecule has 0 saturated heterocycles. The summed E-state index contributed by atoms with van der Waals surface area (Å²) in [6.07, 6.45) is 0.301. The van der Waals surface area contributed by atoms with Crippen LogP contribution in [0.5, 0.6) is 17.2 Å². The van der Waals surface area contributed by atoms with Gasteiger partial charge in [0, 0.05) is 6.42 Å². The zero-order chi connectivity index (χ0) is 15.1. The Balaban J connectivity index is 2.20. The molecule has 0 aliphatic heterocycles. The van der Waals surface area contributed by atoms with Gasteiger partial charge in [0.1, 0.15) is 6.61 Å². The Morgan fingerprint density at radius 1 is 1.00 bits per heavy atom. The van der Waals surface area contributed by atoms with Crippen molar-refractivity contribution in [3.05, 3.63) is 54.1 Å². The van der Waals surface area contributed by atoms with Gasteiger partial charge < -0.3 is 14.2 Å². The summed E-state index contributed by atoms with van der Waals surface area (Å²) in [4.78, 5) is 11.5.